The molecule has 1 aromatic carbocycles. The van der Waals surface area contributed by atoms with Crippen molar-refractivity contribution in [3.63, 3.8) is 0 Å². The number of likely N-dealkylation sites (N-methyl/N-ethyl adjacent to an activating group) is 1. The van der Waals surface area contributed by atoms with Gasteiger partial charge >= 0.3 is 0 Å². The van der Waals surface area contributed by atoms with Crippen LogP contribution in [-0.4, -0.2) is 43.6 Å². The maximum Gasteiger partial charge on any atom is 0.247 e. The van der Waals surface area contributed by atoms with E-state index in [1.807, 2.05) is 31.0 Å². The van der Waals surface area contributed by atoms with Crippen LogP contribution in [0.2, 0.25) is 0 Å². The molecule has 3 aromatic rings. The first-order valence-corrected chi connectivity index (χ1v) is 8.54. The molecule has 2 aromatic heterocycles. The van der Waals surface area contributed by atoms with Crippen LogP contribution in [0.15, 0.2) is 36.7 Å². The van der Waals surface area contributed by atoms with Gasteiger partial charge in [0.1, 0.15) is 17.7 Å². The first kappa shape index (κ1) is 17.1. The van der Waals surface area contributed by atoms with E-state index in [9.17, 15) is 9.18 Å². The summed E-state index contributed by atoms with van der Waals surface area (Å²) in [5.41, 5.74) is 1.40. The molecule has 6 nitrogen and oxygen atoms in total. The SMILES string of the molecule is CC[C@H](C(=O)N(CC)CCc1nc2ccc(F)cc2[nH]1)n1cccn1. The minimum Gasteiger partial charge on any atom is -0.342 e. The van der Waals surface area contributed by atoms with Crippen LogP contribution in [0, 0.1) is 5.82 Å². The molecular weight excluding hydrogens is 321 g/mol. The van der Waals surface area contributed by atoms with E-state index in [0.717, 1.165) is 11.3 Å². The van der Waals surface area contributed by atoms with Crippen LogP contribution in [-0.2, 0) is 11.2 Å². The van der Waals surface area contributed by atoms with E-state index in [0.29, 0.717) is 31.4 Å². The summed E-state index contributed by atoms with van der Waals surface area (Å²) in [6.07, 6.45) is 4.76. The van der Waals surface area contributed by atoms with Crippen LogP contribution in [0.3, 0.4) is 0 Å². The average Bonchev–Trinajstić information content (AvgIpc) is 3.25. The van der Waals surface area contributed by atoms with Gasteiger partial charge in [-0.1, -0.05) is 6.92 Å². The number of aromatic amines is 1. The standard InChI is InChI=1S/C18H22FN5O/c1-3-16(24-10-5-9-20-24)18(25)23(4-2)11-8-17-21-14-7-6-13(19)12-15(14)22-17/h5-7,9-10,12,16H,3-4,8,11H2,1-2H3,(H,21,22)/t16-/m1/s1. The van der Waals surface area contributed by atoms with Crippen LogP contribution in [0.25, 0.3) is 11.0 Å². The van der Waals surface area contributed by atoms with Crippen LogP contribution in [0.4, 0.5) is 4.39 Å². The minimum absolute atomic E-state index is 0.0517. The van der Waals surface area contributed by atoms with Crippen LogP contribution >= 0.6 is 0 Å². The predicted octanol–water partition coefficient (Wildman–Crippen LogP) is 2.94. The monoisotopic (exact) mass is 343 g/mol. The van der Waals surface area contributed by atoms with E-state index in [-0.39, 0.29) is 17.8 Å². The summed E-state index contributed by atoms with van der Waals surface area (Å²) >= 11 is 0. The number of benzene rings is 1. The summed E-state index contributed by atoms with van der Waals surface area (Å²) < 4.78 is 15.0. The van der Waals surface area contributed by atoms with Crippen molar-refractivity contribution in [3.05, 3.63) is 48.3 Å². The Morgan fingerprint density at radius 2 is 2.24 bits per heavy atom. The highest BCUT2D eigenvalue weighted by Crippen LogP contribution is 2.16. The van der Waals surface area contributed by atoms with Crippen LogP contribution < -0.4 is 0 Å². The quantitative estimate of drug-likeness (QED) is 0.717. The molecule has 1 amide bonds. The Kier molecular flexibility index (Phi) is 5.11. The molecule has 132 valence electrons. The largest absolute Gasteiger partial charge is 0.342 e. The molecule has 0 saturated carbocycles. The fourth-order valence-corrected chi connectivity index (χ4v) is 2.97. The third kappa shape index (κ3) is 3.70. The zero-order valence-electron chi connectivity index (χ0n) is 14.4. The number of rotatable bonds is 7. The summed E-state index contributed by atoms with van der Waals surface area (Å²) in [7, 11) is 0. The molecule has 25 heavy (non-hydrogen) atoms. The summed E-state index contributed by atoms with van der Waals surface area (Å²) in [6.45, 7) is 5.11. The second-order valence-corrected chi connectivity index (χ2v) is 5.92. The molecule has 0 aliphatic carbocycles. The van der Waals surface area contributed by atoms with Crippen molar-refractivity contribution in [2.24, 2.45) is 0 Å². The zero-order valence-corrected chi connectivity index (χ0v) is 14.4. The maximum atomic E-state index is 13.3. The number of carbonyl (C=O) groups is 1. The highest BCUT2D eigenvalue weighted by Gasteiger charge is 2.23. The molecule has 0 saturated heterocycles. The van der Waals surface area contributed by atoms with Crippen LogP contribution in [0.5, 0.6) is 0 Å². The minimum atomic E-state index is -0.293. The number of fused-ring (bicyclic) bond motifs is 1. The second kappa shape index (κ2) is 7.46. The van der Waals surface area contributed by atoms with Crippen molar-refractivity contribution in [3.8, 4) is 0 Å². The summed E-state index contributed by atoms with van der Waals surface area (Å²) in [5.74, 6) is 0.507. The van der Waals surface area contributed by atoms with Crippen molar-refractivity contribution in [1.82, 2.24) is 24.6 Å². The van der Waals surface area contributed by atoms with E-state index in [4.69, 9.17) is 0 Å². The van der Waals surface area contributed by atoms with Crippen molar-refractivity contribution in [1.29, 1.82) is 0 Å². The van der Waals surface area contributed by atoms with E-state index in [2.05, 4.69) is 15.1 Å². The number of H-pyrrole nitrogens is 1. The Morgan fingerprint density at radius 1 is 1.40 bits per heavy atom. The number of nitrogens with zero attached hydrogens (tertiary/aromatic N) is 4. The average molecular weight is 343 g/mol. The molecule has 0 aliphatic heterocycles. The Morgan fingerprint density at radius 3 is 2.92 bits per heavy atom. The van der Waals surface area contributed by atoms with Gasteiger partial charge in [0.2, 0.25) is 5.91 Å². The number of amides is 1. The van der Waals surface area contributed by atoms with E-state index in [1.54, 1.807) is 16.9 Å². The number of hydrogen-bond donors (Lipinski definition) is 1. The number of aromatic nitrogens is 4. The molecule has 3 rings (SSSR count). The lowest BCUT2D eigenvalue weighted by atomic mass is 10.2. The predicted molar refractivity (Wildman–Crippen MR) is 93.6 cm³/mol. The van der Waals surface area contributed by atoms with Crippen LogP contribution in [0.1, 0.15) is 32.1 Å². The first-order valence-electron chi connectivity index (χ1n) is 8.54. The van der Waals surface area contributed by atoms with Crippen molar-refractivity contribution in [2.75, 3.05) is 13.1 Å². The van der Waals surface area contributed by atoms with Gasteiger partial charge in [0.15, 0.2) is 0 Å². The molecule has 7 heteroatoms. The maximum absolute atomic E-state index is 13.3. The van der Waals surface area contributed by atoms with E-state index < -0.39 is 0 Å². The third-order valence-corrected chi connectivity index (χ3v) is 4.32. The number of hydrogen-bond acceptors (Lipinski definition) is 3. The molecule has 1 N–H and O–H groups in total. The van der Waals surface area contributed by atoms with Crippen molar-refractivity contribution >= 4 is 16.9 Å². The highest BCUT2D eigenvalue weighted by atomic mass is 19.1. The molecule has 1 atom stereocenters. The molecule has 0 fully saturated rings. The molecule has 0 unspecified atom stereocenters. The van der Waals surface area contributed by atoms with Gasteiger partial charge in [-0.05, 0) is 37.6 Å². The summed E-state index contributed by atoms with van der Waals surface area (Å²) in [5, 5.41) is 4.20. The lowest BCUT2D eigenvalue weighted by molar-refractivity contribution is -0.135. The number of imidazole rings is 1. The molecule has 0 bridgehead atoms. The molecular formula is C18H22FN5O. The summed E-state index contributed by atoms with van der Waals surface area (Å²) in [4.78, 5) is 22.2. The Bertz CT molecular complexity index is 842. The number of halogens is 1. The molecule has 0 aliphatic rings. The first-order chi connectivity index (χ1) is 12.1. The Balaban J connectivity index is 1.69. The van der Waals surface area contributed by atoms with Crippen molar-refractivity contribution < 1.29 is 9.18 Å². The fourth-order valence-electron chi connectivity index (χ4n) is 2.97. The topological polar surface area (TPSA) is 66.8 Å². The van der Waals surface area contributed by atoms with Gasteiger partial charge in [0.25, 0.3) is 0 Å². The van der Waals surface area contributed by atoms with E-state index in [1.165, 1.54) is 12.1 Å². The van der Waals surface area contributed by atoms with E-state index >= 15 is 0 Å². The Hall–Kier alpha value is -2.70. The number of carbonyl (C=O) groups excluding carboxylic acids is 1. The third-order valence-electron chi connectivity index (χ3n) is 4.32. The van der Waals surface area contributed by atoms with Crippen molar-refractivity contribution in [2.45, 2.75) is 32.7 Å². The normalized spacial score (nSPS) is 12.4. The van der Waals surface area contributed by atoms with Gasteiger partial charge in [-0.25, -0.2) is 9.37 Å². The highest BCUT2D eigenvalue weighted by molar-refractivity contribution is 5.80. The van der Waals surface area contributed by atoms with Gasteiger partial charge in [-0.2, -0.15) is 5.10 Å². The second-order valence-electron chi connectivity index (χ2n) is 5.92. The molecule has 0 radical (unpaired) electrons. The van der Waals surface area contributed by atoms with Gasteiger partial charge in [0.05, 0.1) is 11.0 Å². The smallest absolute Gasteiger partial charge is 0.247 e. The van der Waals surface area contributed by atoms with Gasteiger partial charge in [-0.3, -0.25) is 9.48 Å². The summed E-state index contributed by atoms with van der Waals surface area (Å²) in [6, 6.07) is 6.00. The molecule has 2 heterocycles. The lowest BCUT2D eigenvalue weighted by Crippen LogP contribution is -2.38. The zero-order chi connectivity index (χ0) is 17.8. The fraction of sp³-hybridized carbons (Fsp3) is 0.389. The lowest BCUT2D eigenvalue weighted by Gasteiger charge is -2.25. The number of nitrogens with one attached hydrogen (secondary N) is 1. The van der Waals surface area contributed by atoms with Gasteiger partial charge < -0.3 is 9.88 Å². The molecule has 0 spiro atoms. The Labute approximate surface area is 145 Å². The van der Waals surface area contributed by atoms with Gasteiger partial charge in [-0.15, -0.1) is 0 Å². The van der Waals surface area contributed by atoms with Gasteiger partial charge in [0, 0.05) is 31.9 Å².